The van der Waals surface area contributed by atoms with Crippen LogP contribution in [0.5, 0.6) is 0 Å². The Morgan fingerprint density at radius 2 is 1.89 bits per heavy atom. The molecule has 1 atom stereocenters. The van der Waals surface area contributed by atoms with Crippen LogP contribution in [-0.4, -0.2) is 22.4 Å². The van der Waals surface area contributed by atoms with Crippen LogP contribution < -0.4 is 5.73 Å². The number of carbonyl (C=O) groups excluding carboxylic acids is 1. The molecule has 2 aliphatic rings. The van der Waals surface area contributed by atoms with Gasteiger partial charge in [0.05, 0.1) is 5.54 Å². The zero-order chi connectivity index (χ0) is 13.5. The molecule has 0 aliphatic heterocycles. The third kappa shape index (κ3) is 2.66. The van der Waals surface area contributed by atoms with E-state index in [0.29, 0.717) is 18.5 Å². The summed E-state index contributed by atoms with van der Waals surface area (Å²) in [4.78, 5) is 14.7. The van der Waals surface area contributed by atoms with Crippen LogP contribution in [0.15, 0.2) is 30.3 Å². The first-order chi connectivity index (χ1) is 9.09. The smallest absolute Gasteiger partial charge is 0.243 e. The van der Waals surface area contributed by atoms with Crippen LogP contribution in [-0.2, 0) is 11.3 Å². The fraction of sp³-hybridized carbons (Fsp3) is 0.562. The molecule has 0 spiro atoms. The molecule has 2 saturated carbocycles. The SMILES string of the molecule is CC(N)(C(=O)N(Cc1ccccc1)C1CC1)C1CC1. The first kappa shape index (κ1) is 12.7. The van der Waals surface area contributed by atoms with Gasteiger partial charge in [-0.25, -0.2) is 0 Å². The molecule has 3 rings (SSSR count). The summed E-state index contributed by atoms with van der Waals surface area (Å²) in [7, 11) is 0. The Bertz CT molecular complexity index is 461. The molecule has 0 saturated heterocycles. The van der Waals surface area contributed by atoms with Crippen molar-refractivity contribution in [1.82, 2.24) is 4.90 Å². The number of nitrogens with zero attached hydrogens (tertiary/aromatic N) is 1. The largest absolute Gasteiger partial charge is 0.334 e. The standard InChI is InChI=1S/C16H22N2O/c1-16(17,13-7-8-13)15(19)18(14-9-10-14)11-12-5-3-2-4-6-12/h2-6,13-14H,7-11,17H2,1H3. The molecule has 3 nitrogen and oxygen atoms in total. The zero-order valence-corrected chi connectivity index (χ0v) is 11.5. The molecule has 1 unspecified atom stereocenters. The van der Waals surface area contributed by atoms with Crippen LogP contribution >= 0.6 is 0 Å². The number of hydrogen-bond donors (Lipinski definition) is 1. The molecule has 2 fully saturated rings. The van der Waals surface area contributed by atoms with Crippen LogP contribution in [0.1, 0.15) is 38.2 Å². The second-order valence-electron chi connectivity index (χ2n) is 6.21. The van der Waals surface area contributed by atoms with Crippen molar-refractivity contribution in [3.63, 3.8) is 0 Å². The highest BCUT2D eigenvalue weighted by Crippen LogP contribution is 2.41. The van der Waals surface area contributed by atoms with Gasteiger partial charge in [0.25, 0.3) is 0 Å². The van der Waals surface area contributed by atoms with Gasteiger partial charge < -0.3 is 10.6 Å². The van der Waals surface area contributed by atoms with Crippen LogP contribution in [0.2, 0.25) is 0 Å². The lowest BCUT2D eigenvalue weighted by molar-refractivity contribution is -0.138. The molecular weight excluding hydrogens is 236 g/mol. The zero-order valence-electron chi connectivity index (χ0n) is 11.5. The molecule has 1 aromatic rings. The van der Waals surface area contributed by atoms with E-state index in [1.165, 1.54) is 5.56 Å². The first-order valence-electron chi connectivity index (χ1n) is 7.23. The van der Waals surface area contributed by atoms with Gasteiger partial charge in [-0.1, -0.05) is 30.3 Å². The molecule has 1 amide bonds. The number of amides is 1. The minimum absolute atomic E-state index is 0.140. The van der Waals surface area contributed by atoms with E-state index in [2.05, 4.69) is 12.1 Å². The maximum Gasteiger partial charge on any atom is 0.243 e. The average Bonchev–Trinajstić information content (AvgIpc) is 3.29. The van der Waals surface area contributed by atoms with Crippen molar-refractivity contribution in [2.45, 2.75) is 50.7 Å². The van der Waals surface area contributed by atoms with Gasteiger partial charge in [0.15, 0.2) is 0 Å². The summed E-state index contributed by atoms with van der Waals surface area (Å²) in [6.07, 6.45) is 4.45. The number of benzene rings is 1. The number of hydrogen-bond acceptors (Lipinski definition) is 2. The van der Waals surface area contributed by atoms with Crippen molar-refractivity contribution >= 4 is 5.91 Å². The molecule has 19 heavy (non-hydrogen) atoms. The third-order valence-electron chi connectivity index (χ3n) is 4.33. The molecule has 2 N–H and O–H groups in total. The van der Waals surface area contributed by atoms with E-state index in [4.69, 9.17) is 5.73 Å². The highest BCUT2D eigenvalue weighted by Gasteiger charge is 2.48. The van der Waals surface area contributed by atoms with Crippen molar-refractivity contribution in [3.05, 3.63) is 35.9 Å². The average molecular weight is 258 g/mol. The second kappa shape index (κ2) is 4.64. The van der Waals surface area contributed by atoms with Crippen LogP contribution in [0, 0.1) is 5.92 Å². The van der Waals surface area contributed by atoms with Gasteiger partial charge in [0.1, 0.15) is 0 Å². The maximum absolute atomic E-state index is 12.7. The van der Waals surface area contributed by atoms with Gasteiger partial charge in [-0.3, -0.25) is 4.79 Å². The molecular formula is C16H22N2O. The molecule has 3 heteroatoms. The molecule has 0 radical (unpaired) electrons. The van der Waals surface area contributed by atoms with E-state index < -0.39 is 5.54 Å². The summed E-state index contributed by atoms with van der Waals surface area (Å²) in [6, 6.07) is 10.6. The Morgan fingerprint density at radius 3 is 2.42 bits per heavy atom. The van der Waals surface area contributed by atoms with Crippen molar-refractivity contribution in [1.29, 1.82) is 0 Å². The van der Waals surface area contributed by atoms with Gasteiger partial charge in [-0.2, -0.15) is 0 Å². The summed E-state index contributed by atoms with van der Waals surface area (Å²) in [5.41, 5.74) is 6.81. The van der Waals surface area contributed by atoms with Crippen LogP contribution in [0.3, 0.4) is 0 Å². The van der Waals surface area contributed by atoms with Crippen molar-refractivity contribution in [2.24, 2.45) is 11.7 Å². The van der Waals surface area contributed by atoms with E-state index in [0.717, 1.165) is 25.7 Å². The minimum Gasteiger partial charge on any atom is -0.334 e. The molecule has 1 aromatic carbocycles. The fourth-order valence-corrected chi connectivity index (χ4v) is 2.70. The third-order valence-corrected chi connectivity index (χ3v) is 4.33. The van der Waals surface area contributed by atoms with Gasteiger partial charge in [-0.05, 0) is 44.1 Å². The second-order valence-corrected chi connectivity index (χ2v) is 6.21. The molecule has 2 aliphatic carbocycles. The Morgan fingerprint density at radius 1 is 1.26 bits per heavy atom. The predicted octanol–water partition coefficient (Wildman–Crippen LogP) is 2.30. The van der Waals surface area contributed by atoms with E-state index in [9.17, 15) is 4.79 Å². The van der Waals surface area contributed by atoms with Gasteiger partial charge in [-0.15, -0.1) is 0 Å². The van der Waals surface area contributed by atoms with Gasteiger partial charge >= 0.3 is 0 Å². The van der Waals surface area contributed by atoms with Gasteiger partial charge in [0.2, 0.25) is 5.91 Å². The lowest BCUT2D eigenvalue weighted by Crippen LogP contribution is -2.55. The van der Waals surface area contributed by atoms with Crippen LogP contribution in [0.4, 0.5) is 0 Å². The number of carbonyl (C=O) groups is 1. The maximum atomic E-state index is 12.7. The Labute approximate surface area is 114 Å². The minimum atomic E-state index is -0.669. The van der Waals surface area contributed by atoms with Crippen molar-refractivity contribution in [2.75, 3.05) is 0 Å². The first-order valence-corrected chi connectivity index (χ1v) is 7.23. The highest BCUT2D eigenvalue weighted by molar-refractivity contribution is 5.87. The predicted molar refractivity (Wildman–Crippen MR) is 75.3 cm³/mol. The summed E-state index contributed by atoms with van der Waals surface area (Å²) >= 11 is 0. The van der Waals surface area contributed by atoms with Crippen LogP contribution in [0.25, 0.3) is 0 Å². The summed E-state index contributed by atoms with van der Waals surface area (Å²) in [6.45, 7) is 2.61. The number of rotatable bonds is 5. The van der Waals surface area contributed by atoms with Crippen molar-refractivity contribution < 1.29 is 4.79 Å². The van der Waals surface area contributed by atoms with E-state index in [1.54, 1.807) is 0 Å². The molecule has 0 aromatic heterocycles. The topological polar surface area (TPSA) is 46.3 Å². The Balaban J connectivity index is 1.75. The van der Waals surface area contributed by atoms with E-state index in [-0.39, 0.29) is 5.91 Å². The summed E-state index contributed by atoms with van der Waals surface area (Å²) < 4.78 is 0. The lowest BCUT2D eigenvalue weighted by Gasteiger charge is -2.32. The fourth-order valence-electron chi connectivity index (χ4n) is 2.70. The van der Waals surface area contributed by atoms with Gasteiger partial charge in [0, 0.05) is 12.6 Å². The normalized spacial score (nSPS) is 21.8. The quantitative estimate of drug-likeness (QED) is 0.881. The Kier molecular flexibility index (Phi) is 3.09. The number of nitrogens with two attached hydrogens (primary N) is 1. The van der Waals surface area contributed by atoms with Crippen molar-refractivity contribution in [3.8, 4) is 0 Å². The molecule has 0 heterocycles. The summed E-state index contributed by atoms with van der Waals surface area (Å²) in [5.74, 6) is 0.526. The Hall–Kier alpha value is -1.35. The lowest BCUT2D eigenvalue weighted by atomic mass is 9.95. The monoisotopic (exact) mass is 258 g/mol. The van der Waals surface area contributed by atoms with E-state index in [1.807, 2.05) is 30.0 Å². The van der Waals surface area contributed by atoms with E-state index >= 15 is 0 Å². The highest BCUT2D eigenvalue weighted by atomic mass is 16.2. The molecule has 102 valence electrons. The summed E-state index contributed by atoms with van der Waals surface area (Å²) in [5, 5.41) is 0. The molecule has 0 bridgehead atoms.